The van der Waals surface area contributed by atoms with E-state index in [2.05, 4.69) is 6.58 Å². The van der Waals surface area contributed by atoms with Gasteiger partial charge in [0.1, 0.15) is 0 Å². The molecule has 92 valence electrons. The molecule has 0 radical (unpaired) electrons. The maximum absolute atomic E-state index is 12.1. The highest BCUT2D eigenvalue weighted by atomic mass is 35.6. The van der Waals surface area contributed by atoms with Gasteiger partial charge in [0.15, 0.2) is 0 Å². The van der Waals surface area contributed by atoms with Gasteiger partial charge in [-0.25, -0.2) is 0 Å². The van der Waals surface area contributed by atoms with Gasteiger partial charge in [-0.3, -0.25) is 4.79 Å². The maximum Gasteiger partial charge on any atom is 0.257 e. The molecule has 0 spiro atoms. The zero-order valence-electron chi connectivity index (χ0n) is 8.48. The molecular weight excluding hydrogens is 322 g/mol. The molecule has 1 aromatic carbocycles. The highest BCUT2D eigenvalue weighted by Crippen LogP contribution is 2.53. The SMILES string of the molecule is C=COP(=S)(C(=O)C(Cl)(Cl)Cl)c1ccccc1. The van der Waals surface area contributed by atoms with Crippen LogP contribution in [0.2, 0.25) is 0 Å². The quantitative estimate of drug-likeness (QED) is 0.478. The number of benzene rings is 1. The molecule has 0 bridgehead atoms. The molecule has 0 fully saturated rings. The third-order valence-corrected chi connectivity index (χ3v) is 6.42. The van der Waals surface area contributed by atoms with Crippen molar-refractivity contribution in [1.29, 1.82) is 0 Å². The standard InChI is InChI=1S/C10H8Cl3O2PS/c1-2-15-16(17,9(14)10(11,12)13)8-6-4-3-5-7-8/h2-7H,1H2. The van der Waals surface area contributed by atoms with Crippen LogP contribution >= 0.6 is 41.1 Å². The van der Waals surface area contributed by atoms with Gasteiger partial charge in [-0.2, -0.15) is 0 Å². The Bertz CT molecular complexity index is 470. The fourth-order valence-electron chi connectivity index (χ4n) is 1.12. The number of hydrogen-bond acceptors (Lipinski definition) is 3. The minimum Gasteiger partial charge on any atom is -0.463 e. The average Bonchev–Trinajstić information content (AvgIpc) is 2.28. The van der Waals surface area contributed by atoms with Gasteiger partial charge in [0.2, 0.25) is 6.26 Å². The number of rotatable bonds is 4. The Kier molecular flexibility index (Phi) is 5.06. The summed E-state index contributed by atoms with van der Waals surface area (Å²) in [5, 5.41) is 0.520. The molecular formula is C10H8Cl3O2PS. The van der Waals surface area contributed by atoms with Gasteiger partial charge in [0.25, 0.3) is 9.32 Å². The Morgan fingerprint density at radius 1 is 1.35 bits per heavy atom. The number of alkyl halides is 3. The third-order valence-electron chi connectivity index (χ3n) is 1.83. The summed E-state index contributed by atoms with van der Waals surface area (Å²) in [7, 11) is 0. The van der Waals surface area contributed by atoms with E-state index < -0.39 is 15.6 Å². The first-order chi connectivity index (χ1) is 7.82. The fraction of sp³-hybridized carbons (Fsp3) is 0.100. The Morgan fingerprint density at radius 3 is 2.29 bits per heavy atom. The Hall–Kier alpha value is -0.0500. The van der Waals surface area contributed by atoms with Crippen molar-refractivity contribution in [1.82, 2.24) is 0 Å². The van der Waals surface area contributed by atoms with E-state index in [-0.39, 0.29) is 0 Å². The highest BCUT2D eigenvalue weighted by Gasteiger charge is 2.44. The predicted octanol–water partition coefficient (Wildman–Crippen LogP) is 3.76. The van der Waals surface area contributed by atoms with Gasteiger partial charge in [-0.05, 0) is 11.8 Å². The molecule has 0 aliphatic carbocycles. The number of carbonyl (C=O) groups is 1. The van der Waals surface area contributed by atoms with Gasteiger partial charge in [0, 0.05) is 5.30 Å². The van der Waals surface area contributed by atoms with Crippen molar-refractivity contribution in [2.75, 3.05) is 0 Å². The van der Waals surface area contributed by atoms with Crippen LogP contribution in [0.15, 0.2) is 43.2 Å². The molecule has 0 heterocycles. The molecule has 0 saturated heterocycles. The van der Waals surface area contributed by atoms with Crippen molar-refractivity contribution in [3.05, 3.63) is 43.2 Å². The van der Waals surface area contributed by atoms with Crippen molar-refractivity contribution < 1.29 is 9.32 Å². The van der Waals surface area contributed by atoms with E-state index >= 15 is 0 Å². The average molecular weight is 330 g/mol. The molecule has 17 heavy (non-hydrogen) atoms. The molecule has 1 aromatic rings. The molecule has 1 rings (SSSR count). The van der Waals surface area contributed by atoms with Crippen LogP contribution in [0.5, 0.6) is 0 Å². The molecule has 0 N–H and O–H groups in total. The van der Waals surface area contributed by atoms with E-state index in [9.17, 15) is 4.79 Å². The van der Waals surface area contributed by atoms with Crippen LogP contribution in [0.25, 0.3) is 0 Å². The fourth-order valence-corrected chi connectivity index (χ4v) is 5.16. The van der Waals surface area contributed by atoms with E-state index in [1.807, 2.05) is 0 Å². The van der Waals surface area contributed by atoms with E-state index in [1.165, 1.54) is 0 Å². The molecule has 0 aromatic heterocycles. The van der Waals surface area contributed by atoms with Gasteiger partial charge < -0.3 is 4.52 Å². The van der Waals surface area contributed by atoms with Crippen LogP contribution in [0.3, 0.4) is 0 Å². The third kappa shape index (κ3) is 3.46. The normalized spacial score (nSPS) is 14.8. The maximum atomic E-state index is 12.1. The number of hydrogen-bond donors (Lipinski definition) is 0. The summed E-state index contributed by atoms with van der Waals surface area (Å²) in [6.45, 7) is 3.39. The summed E-state index contributed by atoms with van der Waals surface area (Å²) in [6.07, 6.45) is -2.00. The van der Waals surface area contributed by atoms with E-state index in [0.29, 0.717) is 5.30 Å². The number of carbonyl (C=O) groups excluding carboxylic acids is 1. The molecule has 0 aliphatic rings. The second-order valence-electron chi connectivity index (χ2n) is 2.96. The predicted molar refractivity (Wildman–Crippen MR) is 76.9 cm³/mol. The summed E-state index contributed by atoms with van der Waals surface area (Å²) >= 11 is 22.0. The monoisotopic (exact) mass is 328 g/mol. The van der Waals surface area contributed by atoms with Gasteiger partial charge in [0.05, 0.1) is 6.26 Å². The molecule has 0 aliphatic heterocycles. The van der Waals surface area contributed by atoms with Crippen molar-refractivity contribution >= 4 is 63.7 Å². The van der Waals surface area contributed by atoms with E-state index in [1.54, 1.807) is 30.3 Å². The molecule has 0 saturated carbocycles. The van der Waals surface area contributed by atoms with E-state index in [0.717, 1.165) is 6.26 Å². The summed E-state index contributed by atoms with van der Waals surface area (Å²) in [5.41, 5.74) is -0.740. The minimum absolute atomic E-state index is 0.520. The van der Waals surface area contributed by atoms with Crippen LogP contribution < -0.4 is 5.30 Å². The largest absolute Gasteiger partial charge is 0.463 e. The van der Waals surface area contributed by atoms with Crippen molar-refractivity contribution in [3.63, 3.8) is 0 Å². The lowest BCUT2D eigenvalue weighted by molar-refractivity contribution is -0.111. The second kappa shape index (κ2) is 5.73. The molecule has 2 nitrogen and oxygen atoms in total. The smallest absolute Gasteiger partial charge is 0.257 e. The van der Waals surface area contributed by atoms with Crippen molar-refractivity contribution in [3.8, 4) is 0 Å². The zero-order chi connectivity index (χ0) is 13.1. The topological polar surface area (TPSA) is 26.3 Å². The van der Waals surface area contributed by atoms with Crippen LogP contribution in [0.1, 0.15) is 0 Å². The zero-order valence-corrected chi connectivity index (χ0v) is 12.5. The van der Waals surface area contributed by atoms with Crippen molar-refractivity contribution in [2.24, 2.45) is 0 Å². The second-order valence-corrected chi connectivity index (χ2v) is 9.02. The van der Waals surface area contributed by atoms with Gasteiger partial charge in [-0.15, -0.1) is 0 Å². The molecule has 0 amide bonds. The summed E-state index contributed by atoms with van der Waals surface area (Å²) in [4.78, 5) is 12.1. The molecule has 7 heteroatoms. The minimum atomic E-state index is -3.10. The molecule has 1 atom stereocenters. The highest BCUT2D eigenvalue weighted by molar-refractivity contribution is 8.24. The van der Waals surface area contributed by atoms with Crippen molar-refractivity contribution in [2.45, 2.75) is 3.79 Å². The van der Waals surface area contributed by atoms with E-state index in [4.69, 9.17) is 51.1 Å². The summed E-state index contributed by atoms with van der Waals surface area (Å²) in [6, 6.07) is 8.58. The first-order valence-electron chi connectivity index (χ1n) is 4.39. The summed E-state index contributed by atoms with van der Waals surface area (Å²) < 4.78 is 3.09. The van der Waals surface area contributed by atoms with Gasteiger partial charge >= 0.3 is 0 Å². The van der Waals surface area contributed by atoms with Crippen LogP contribution in [0, 0.1) is 0 Å². The van der Waals surface area contributed by atoms with Crippen LogP contribution in [-0.4, -0.2) is 9.32 Å². The Balaban J connectivity index is 3.30. The Labute approximate surface area is 120 Å². The lowest BCUT2D eigenvalue weighted by Crippen LogP contribution is -2.24. The van der Waals surface area contributed by atoms with Gasteiger partial charge in [-0.1, -0.05) is 71.7 Å². The lowest BCUT2D eigenvalue weighted by atomic mass is 10.4. The Morgan fingerprint density at radius 2 is 1.88 bits per heavy atom. The first-order valence-corrected chi connectivity index (χ1v) is 8.24. The van der Waals surface area contributed by atoms with Crippen LogP contribution in [0.4, 0.5) is 0 Å². The summed E-state index contributed by atoms with van der Waals surface area (Å²) in [5.74, 6) is 0. The number of halogens is 3. The van der Waals surface area contributed by atoms with Crippen LogP contribution in [-0.2, 0) is 21.1 Å². The molecule has 1 unspecified atom stereocenters. The first kappa shape index (κ1) is 15.0. The lowest BCUT2D eigenvalue weighted by Gasteiger charge is -2.23.